The maximum atomic E-state index is 12.1. The molecule has 1 fully saturated rings. The highest BCUT2D eigenvalue weighted by atomic mass is 32.2. The first-order chi connectivity index (χ1) is 24.3. The number of ether oxygens (including phenoxy) is 2. The third-order valence-electron chi connectivity index (χ3n) is 8.51. The predicted molar refractivity (Wildman–Crippen MR) is 185 cm³/mol. The summed E-state index contributed by atoms with van der Waals surface area (Å²) in [5.74, 6) is -0.691. The molecule has 4 atom stereocenters. The summed E-state index contributed by atoms with van der Waals surface area (Å²) in [6.07, 6.45) is -1.54. The number of carbonyl (C=O) groups excluding carboxylic acids is 1. The van der Waals surface area contributed by atoms with Crippen LogP contribution in [0.5, 0.6) is 5.75 Å². The Morgan fingerprint density at radius 3 is 2.36 bits per heavy atom. The Bertz CT molecular complexity index is 1920. The van der Waals surface area contributed by atoms with Gasteiger partial charge in [0.25, 0.3) is 0 Å². The molecule has 1 aliphatic rings. The van der Waals surface area contributed by atoms with Gasteiger partial charge in [0.1, 0.15) is 5.75 Å². The fourth-order valence-corrected chi connectivity index (χ4v) is 6.78. The Labute approximate surface area is 293 Å². The number of thioether (sulfide) groups is 1. The van der Waals surface area contributed by atoms with Crippen molar-refractivity contribution in [1.82, 2.24) is 25.5 Å². The van der Waals surface area contributed by atoms with Crippen molar-refractivity contribution >= 4 is 23.6 Å². The highest BCUT2D eigenvalue weighted by Gasteiger charge is 2.38. The number of tetrazole rings is 1. The molecule has 0 aliphatic carbocycles. The van der Waals surface area contributed by atoms with Gasteiger partial charge in [0.2, 0.25) is 11.1 Å². The average Bonchev–Trinajstić information content (AvgIpc) is 3.62. The van der Waals surface area contributed by atoms with E-state index in [9.17, 15) is 19.8 Å². The minimum atomic E-state index is -1.01. The van der Waals surface area contributed by atoms with Crippen LogP contribution in [0.4, 0.5) is 0 Å². The number of benzene rings is 4. The second-order valence-electron chi connectivity index (χ2n) is 12.0. The molecule has 12 nitrogen and oxygen atoms in total. The molecule has 50 heavy (non-hydrogen) atoms. The molecule has 258 valence electrons. The first kappa shape index (κ1) is 34.8. The van der Waals surface area contributed by atoms with Gasteiger partial charge in [0.15, 0.2) is 6.29 Å². The molecule has 1 aliphatic heterocycles. The number of aromatic nitrogens is 4. The number of aromatic hydroxyl groups is 1. The highest BCUT2D eigenvalue weighted by molar-refractivity contribution is 7.99. The van der Waals surface area contributed by atoms with E-state index in [2.05, 4.69) is 27.8 Å². The lowest BCUT2D eigenvalue weighted by Gasteiger charge is -2.41. The van der Waals surface area contributed by atoms with Crippen LogP contribution in [0.25, 0.3) is 16.8 Å². The molecule has 4 aromatic carbocycles. The minimum Gasteiger partial charge on any atom is -0.508 e. The highest BCUT2D eigenvalue weighted by Crippen LogP contribution is 2.43. The number of aliphatic hydroxyl groups excluding tert-OH is 1. The standard InChI is InChI=1S/C37H37N5O7S/c1-23-32(22-50-37-39-40-41-42(37)30-12-14-31(44)15-13-30)48-36(49-35(23)26-10-8-24(21-43)9-11-26)29-7-3-6-28(19-29)27-5-2-4-25(18-27)20-38-33(45)16-17-34(46)47/h2-15,18-19,23,32,35-36,43-44H,16-17,20-22H2,1H3,(H,38,45)(H,46,47)/t23-,32+,35+,36+/m1/s1. The number of nitrogens with one attached hydrogen (secondary N) is 1. The molecule has 0 unspecified atom stereocenters. The van der Waals surface area contributed by atoms with E-state index in [0.29, 0.717) is 10.9 Å². The maximum absolute atomic E-state index is 12.1. The molecule has 6 rings (SSSR count). The fraction of sp³-hybridized carbons (Fsp3) is 0.270. The van der Waals surface area contributed by atoms with Crippen LogP contribution in [-0.2, 0) is 32.2 Å². The lowest BCUT2D eigenvalue weighted by Crippen LogP contribution is -2.38. The smallest absolute Gasteiger partial charge is 0.303 e. The van der Waals surface area contributed by atoms with Crippen LogP contribution in [0, 0.1) is 5.92 Å². The van der Waals surface area contributed by atoms with Gasteiger partial charge in [0, 0.05) is 30.2 Å². The van der Waals surface area contributed by atoms with Gasteiger partial charge in [-0.2, -0.15) is 4.68 Å². The van der Waals surface area contributed by atoms with Crippen molar-refractivity contribution in [1.29, 1.82) is 0 Å². The Morgan fingerprint density at radius 1 is 0.880 bits per heavy atom. The molecular weight excluding hydrogens is 659 g/mol. The Balaban J connectivity index is 1.22. The molecule has 0 spiro atoms. The van der Waals surface area contributed by atoms with Crippen molar-refractivity contribution in [3.63, 3.8) is 0 Å². The molecule has 5 aromatic rings. The number of carbonyl (C=O) groups is 2. The third-order valence-corrected chi connectivity index (χ3v) is 9.52. The quantitative estimate of drug-likeness (QED) is 0.113. The van der Waals surface area contributed by atoms with Gasteiger partial charge in [-0.05, 0) is 74.6 Å². The number of aliphatic carboxylic acids is 1. The normalized spacial score (nSPS) is 18.8. The van der Waals surface area contributed by atoms with Crippen molar-refractivity contribution < 1.29 is 34.4 Å². The number of phenols is 1. The van der Waals surface area contributed by atoms with Gasteiger partial charge in [-0.25, -0.2) is 0 Å². The molecule has 4 N–H and O–H groups in total. The van der Waals surface area contributed by atoms with Crippen LogP contribution in [0.2, 0.25) is 0 Å². The van der Waals surface area contributed by atoms with Crippen LogP contribution in [0.1, 0.15) is 54.4 Å². The van der Waals surface area contributed by atoms with E-state index >= 15 is 0 Å². The predicted octanol–water partition coefficient (Wildman–Crippen LogP) is 5.59. The van der Waals surface area contributed by atoms with Crippen molar-refractivity contribution in [3.8, 4) is 22.6 Å². The van der Waals surface area contributed by atoms with Crippen LogP contribution < -0.4 is 5.32 Å². The van der Waals surface area contributed by atoms with Gasteiger partial charge in [-0.3, -0.25) is 9.59 Å². The summed E-state index contributed by atoms with van der Waals surface area (Å²) in [7, 11) is 0. The zero-order valence-corrected chi connectivity index (χ0v) is 28.1. The van der Waals surface area contributed by atoms with Crippen molar-refractivity contribution in [2.24, 2.45) is 5.92 Å². The van der Waals surface area contributed by atoms with Crippen molar-refractivity contribution in [2.75, 3.05) is 5.75 Å². The SMILES string of the molecule is C[C@@H]1[C@H](CSc2nnnn2-c2ccc(O)cc2)O[C@H](c2cccc(-c3cccc(CNC(=O)CCC(=O)O)c3)c2)O[C@@H]1c1ccc(CO)cc1. The van der Waals surface area contributed by atoms with Gasteiger partial charge in [-0.15, -0.1) is 5.10 Å². The molecule has 0 bridgehead atoms. The van der Waals surface area contributed by atoms with Gasteiger partial charge < -0.3 is 30.1 Å². The van der Waals surface area contributed by atoms with Crippen LogP contribution in [0.15, 0.2) is 102 Å². The van der Waals surface area contributed by atoms with Gasteiger partial charge in [0.05, 0.1) is 30.9 Å². The van der Waals surface area contributed by atoms with Crippen LogP contribution in [0.3, 0.4) is 0 Å². The van der Waals surface area contributed by atoms with Gasteiger partial charge >= 0.3 is 5.97 Å². The number of amides is 1. The monoisotopic (exact) mass is 695 g/mol. The van der Waals surface area contributed by atoms with Crippen molar-refractivity contribution in [3.05, 3.63) is 119 Å². The summed E-state index contributed by atoms with van der Waals surface area (Å²) in [6, 6.07) is 30.2. The lowest BCUT2D eigenvalue weighted by atomic mass is 9.91. The zero-order chi connectivity index (χ0) is 35.0. The Kier molecular flexibility index (Phi) is 11.2. The first-order valence-corrected chi connectivity index (χ1v) is 17.1. The minimum absolute atomic E-state index is 0.0484. The molecule has 1 saturated heterocycles. The van der Waals surface area contributed by atoms with E-state index in [1.165, 1.54) is 11.8 Å². The number of hydrogen-bond donors (Lipinski definition) is 4. The summed E-state index contributed by atoms with van der Waals surface area (Å²) in [5, 5.41) is 43.8. The Morgan fingerprint density at radius 2 is 1.62 bits per heavy atom. The van der Waals surface area contributed by atoms with E-state index in [0.717, 1.165) is 39.1 Å². The van der Waals surface area contributed by atoms with E-state index in [1.54, 1.807) is 28.9 Å². The molecule has 13 heteroatoms. The van der Waals surface area contributed by atoms with Gasteiger partial charge in [-0.1, -0.05) is 79.3 Å². The summed E-state index contributed by atoms with van der Waals surface area (Å²) >= 11 is 1.47. The number of phenolic OH excluding ortho intramolecular Hbond substituents is 1. The van der Waals surface area contributed by atoms with E-state index in [1.807, 2.05) is 72.8 Å². The number of nitrogens with zero attached hydrogens (tertiary/aromatic N) is 4. The molecular formula is C37H37N5O7S. The molecule has 1 aromatic heterocycles. The summed E-state index contributed by atoms with van der Waals surface area (Å²) in [5.41, 5.74) is 6.11. The number of aliphatic hydroxyl groups is 1. The van der Waals surface area contributed by atoms with Crippen LogP contribution >= 0.6 is 11.8 Å². The summed E-state index contributed by atoms with van der Waals surface area (Å²) in [4.78, 5) is 22.9. The largest absolute Gasteiger partial charge is 0.508 e. The van der Waals surface area contributed by atoms with Crippen molar-refractivity contribution in [2.45, 2.75) is 56.6 Å². The number of rotatable bonds is 13. The summed E-state index contributed by atoms with van der Waals surface area (Å²) < 4.78 is 15.0. The maximum Gasteiger partial charge on any atom is 0.303 e. The number of carboxylic acids is 1. The van der Waals surface area contributed by atoms with E-state index in [4.69, 9.17) is 14.6 Å². The zero-order valence-electron chi connectivity index (χ0n) is 27.3. The first-order valence-electron chi connectivity index (χ1n) is 16.2. The molecule has 0 radical (unpaired) electrons. The third kappa shape index (κ3) is 8.55. The lowest BCUT2D eigenvalue weighted by molar-refractivity contribution is -0.268. The average molecular weight is 696 g/mol. The van der Waals surface area contributed by atoms with Crippen LogP contribution in [-0.4, -0.2) is 59.3 Å². The molecule has 1 amide bonds. The fourth-order valence-electron chi connectivity index (χ4n) is 5.73. The second kappa shape index (κ2) is 16.1. The second-order valence-corrected chi connectivity index (χ2v) is 13.0. The Hall–Kier alpha value is -5.08. The van der Waals surface area contributed by atoms with E-state index in [-0.39, 0.29) is 55.8 Å². The van der Waals surface area contributed by atoms with E-state index < -0.39 is 12.3 Å². The number of carboxylic acid groups (broad SMARTS) is 1. The molecule has 2 heterocycles. The topological polar surface area (TPSA) is 169 Å². The summed E-state index contributed by atoms with van der Waals surface area (Å²) in [6.45, 7) is 2.33. The molecule has 0 saturated carbocycles. The number of hydrogen-bond acceptors (Lipinski definition) is 10.